The fourth-order valence-corrected chi connectivity index (χ4v) is 1.46. The third kappa shape index (κ3) is 3.59. The highest BCUT2D eigenvalue weighted by molar-refractivity contribution is 6.03. The Hall–Kier alpha value is -1.84. The van der Waals surface area contributed by atoms with Crippen molar-refractivity contribution in [2.45, 2.75) is 19.8 Å². The largest absolute Gasteiger partial charge is 0.345 e. The minimum Gasteiger partial charge on any atom is -0.345 e. The molecule has 0 heterocycles. The zero-order valence-electron chi connectivity index (χ0n) is 10.5. The first kappa shape index (κ1) is 13.2. The summed E-state index contributed by atoms with van der Waals surface area (Å²) in [6.45, 7) is 1.94. The molecule has 4 nitrogen and oxygen atoms in total. The number of amides is 2. The molecule has 1 aromatic carbocycles. The third-order valence-corrected chi connectivity index (χ3v) is 2.31. The minimum atomic E-state index is -0.114. The van der Waals surface area contributed by atoms with Gasteiger partial charge in [-0.3, -0.25) is 9.59 Å². The molecular weight excluding hydrogens is 216 g/mol. The minimum absolute atomic E-state index is 0.0634. The third-order valence-electron chi connectivity index (χ3n) is 2.31. The van der Waals surface area contributed by atoms with Gasteiger partial charge in [0.15, 0.2) is 0 Å². The predicted octanol–water partition coefficient (Wildman–Crippen LogP) is 2.13. The van der Waals surface area contributed by atoms with E-state index in [1.165, 1.54) is 4.90 Å². The molecule has 4 heteroatoms. The lowest BCUT2D eigenvalue weighted by atomic mass is 10.1. The van der Waals surface area contributed by atoms with Crippen molar-refractivity contribution in [2.24, 2.45) is 0 Å². The molecule has 1 N–H and O–H groups in total. The lowest BCUT2D eigenvalue weighted by Crippen LogP contribution is -2.23. The van der Waals surface area contributed by atoms with Gasteiger partial charge in [-0.25, -0.2) is 0 Å². The fraction of sp³-hybridized carbons (Fsp3) is 0.385. The second kappa shape index (κ2) is 6.03. The van der Waals surface area contributed by atoms with E-state index in [9.17, 15) is 9.59 Å². The van der Waals surface area contributed by atoms with Crippen LogP contribution in [0.5, 0.6) is 0 Å². The number of carbonyl (C=O) groups is 2. The highest BCUT2D eigenvalue weighted by Crippen LogP contribution is 2.16. The number of carbonyl (C=O) groups excluding carboxylic acids is 2. The molecule has 17 heavy (non-hydrogen) atoms. The van der Waals surface area contributed by atoms with E-state index in [1.54, 1.807) is 38.4 Å². The predicted molar refractivity (Wildman–Crippen MR) is 68.0 cm³/mol. The molecule has 1 rings (SSSR count). The number of hydrogen-bond acceptors (Lipinski definition) is 2. The second-order valence-corrected chi connectivity index (χ2v) is 4.04. The van der Waals surface area contributed by atoms with Gasteiger partial charge in [0.2, 0.25) is 5.91 Å². The fourth-order valence-electron chi connectivity index (χ4n) is 1.46. The highest BCUT2D eigenvalue weighted by atomic mass is 16.2. The number of rotatable bonds is 4. The summed E-state index contributed by atoms with van der Waals surface area (Å²) in [5.41, 5.74) is 1.09. The van der Waals surface area contributed by atoms with Gasteiger partial charge in [-0.1, -0.05) is 19.1 Å². The molecule has 0 aliphatic heterocycles. The Balaban J connectivity index is 2.92. The molecule has 0 aliphatic rings. The maximum Gasteiger partial charge on any atom is 0.255 e. The average molecular weight is 234 g/mol. The number of nitrogens with zero attached hydrogens (tertiary/aromatic N) is 1. The smallest absolute Gasteiger partial charge is 0.255 e. The summed E-state index contributed by atoms with van der Waals surface area (Å²) < 4.78 is 0. The molecule has 0 aliphatic carbocycles. The van der Waals surface area contributed by atoms with E-state index in [1.807, 2.05) is 6.92 Å². The van der Waals surface area contributed by atoms with Crippen molar-refractivity contribution in [3.05, 3.63) is 29.8 Å². The Morgan fingerprint density at radius 3 is 2.47 bits per heavy atom. The highest BCUT2D eigenvalue weighted by Gasteiger charge is 2.13. The van der Waals surface area contributed by atoms with E-state index < -0.39 is 0 Å². The van der Waals surface area contributed by atoms with Crippen molar-refractivity contribution in [3.8, 4) is 0 Å². The molecule has 0 spiro atoms. The molecular formula is C13H18N2O2. The van der Waals surface area contributed by atoms with Gasteiger partial charge in [-0.2, -0.15) is 0 Å². The van der Waals surface area contributed by atoms with E-state index in [-0.39, 0.29) is 11.8 Å². The molecule has 0 saturated carbocycles. The van der Waals surface area contributed by atoms with Gasteiger partial charge in [0.25, 0.3) is 5.91 Å². The van der Waals surface area contributed by atoms with Gasteiger partial charge in [-0.15, -0.1) is 0 Å². The van der Waals surface area contributed by atoms with Crippen molar-refractivity contribution in [1.82, 2.24) is 4.90 Å². The van der Waals surface area contributed by atoms with Crippen LogP contribution in [-0.4, -0.2) is 30.8 Å². The maximum atomic E-state index is 11.9. The first-order valence-electron chi connectivity index (χ1n) is 5.66. The topological polar surface area (TPSA) is 49.4 Å². The van der Waals surface area contributed by atoms with Crippen LogP contribution < -0.4 is 5.32 Å². The quantitative estimate of drug-likeness (QED) is 0.867. The standard InChI is InChI=1S/C13H18N2O2/c1-4-7-12(16)14-11-9-6-5-8-10(11)13(17)15(2)3/h5-6,8-9H,4,7H2,1-3H3,(H,14,16). The van der Waals surface area contributed by atoms with Crippen LogP contribution in [0.25, 0.3) is 0 Å². The summed E-state index contributed by atoms with van der Waals surface area (Å²) in [5.74, 6) is -0.177. The Kier molecular flexibility index (Phi) is 4.69. The summed E-state index contributed by atoms with van der Waals surface area (Å²) >= 11 is 0. The van der Waals surface area contributed by atoms with E-state index >= 15 is 0 Å². The van der Waals surface area contributed by atoms with Crippen LogP contribution in [0.2, 0.25) is 0 Å². The molecule has 0 saturated heterocycles. The molecule has 92 valence electrons. The van der Waals surface area contributed by atoms with E-state index in [2.05, 4.69) is 5.32 Å². The molecule has 2 amide bonds. The summed E-state index contributed by atoms with van der Waals surface area (Å²) in [6, 6.07) is 7.04. The van der Waals surface area contributed by atoms with Gasteiger partial charge < -0.3 is 10.2 Å². The van der Waals surface area contributed by atoms with Crippen LogP contribution in [0.3, 0.4) is 0 Å². The van der Waals surface area contributed by atoms with Crippen LogP contribution in [0.1, 0.15) is 30.1 Å². The lowest BCUT2D eigenvalue weighted by Gasteiger charge is -2.14. The Morgan fingerprint density at radius 1 is 1.24 bits per heavy atom. The maximum absolute atomic E-state index is 11.9. The van der Waals surface area contributed by atoms with Crippen molar-refractivity contribution >= 4 is 17.5 Å². The average Bonchev–Trinajstić information content (AvgIpc) is 2.29. The van der Waals surface area contributed by atoms with Gasteiger partial charge in [0, 0.05) is 20.5 Å². The lowest BCUT2D eigenvalue weighted by molar-refractivity contribution is -0.116. The Bertz CT molecular complexity index is 414. The summed E-state index contributed by atoms with van der Waals surface area (Å²) in [7, 11) is 3.37. The molecule has 0 bridgehead atoms. The van der Waals surface area contributed by atoms with E-state index in [0.717, 1.165) is 6.42 Å². The number of anilines is 1. The van der Waals surface area contributed by atoms with Crippen molar-refractivity contribution in [3.63, 3.8) is 0 Å². The summed E-state index contributed by atoms with van der Waals surface area (Å²) in [4.78, 5) is 24.9. The first-order valence-corrected chi connectivity index (χ1v) is 5.66. The van der Waals surface area contributed by atoms with Crippen LogP contribution in [0, 0.1) is 0 Å². The SMILES string of the molecule is CCCC(=O)Nc1ccccc1C(=O)N(C)C. The number of hydrogen-bond donors (Lipinski definition) is 1. The van der Waals surface area contributed by atoms with Crippen molar-refractivity contribution < 1.29 is 9.59 Å². The van der Waals surface area contributed by atoms with Crippen LogP contribution in [0.4, 0.5) is 5.69 Å². The van der Waals surface area contributed by atoms with Crippen molar-refractivity contribution in [2.75, 3.05) is 19.4 Å². The van der Waals surface area contributed by atoms with Crippen LogP contribution in [-0.2, 0) is 4.79 Å². The molecule has 0 fully saturated rings. The van der Waals surface area contributed by atoms with E-state index in [0.29, 0.717) is 17.7 Å². The zero-order valence-corrected chi connectivity index (χ0v) is 10.5. The number of para-hydroxylation sites is 1. The summed E-state index contributed by atoms with van der Waals surface area (Å²) in [6.07, 6.45) is 1.25. The van der Waals surface area contributed by atoms with Gasteiger partial charge in [0.05, 0.1) is 11.3 Å². The zero-order chi connectivity index (χ0) is 12.8. The Morgan fingerprint density at radius 2 is 1.88 bits per heavy atom. The van der Waals surface area contributed by atoms with Gasteiger partial charge in [-0.05, 0) is 18.6 Å². The monoisotopic (exact) mass is 234 g/mol. The number of nitrogens with one attached hydrogen (secondary N) is 1. The van der Waals surface area contributed by atoms with Gasteiger partial charge >= 0.3 is 0 Å². The van der Waals surface area contributed by atoms with Crippen LogP contribution >= 0.6 is 0 Å². The number of benzene rings is 1. The van der Waals surface area contributed by atoms with E-state index in [4.69, 9.17) is 0 Å². The Labute approximate surface area is 102 Å². The second-order valence-electron chi connectivity index (χ2n) is 4.04. The molecule has 0 unspecified atom stereocenters. The molecule has 0 aromatic heterocycles. The molecule has 1 aromatic rings. The normalized spacial score (nSPS) is 9.82. The van der Waals surface area contributed by atoms with Crippen molar-refractivity contribution in [1.29, 1.82) is 0 Å². The first-order chi connectivity index (χ1) is 8.06. The van der Waals surface area contributed by atoms with Crippen LogP contribution in [0.15, 0.2) is 24.3 Å². The van der Waals surface area contributed by atoms with Gasteiger partial charge in [0.1, 0.15) is 0 Å². The molecule has 0 atom stereocenters. The summed E-state index contributed by atoms with van der Waals surface area (Å²) in [5, 5.41) is 2.76. The molecule has 0 radical (unpaired) electrons.